The van der Waals surface area contributed by atoms with Crippen LogP contribution >= 0.6 is 11.8 Å². The predicted molar refractivity (Wildman–Crippen MR) is 89.8 cm³/mol. The first-order valence-corrected chi connectivity index (χ1v) is 9.23. The Kier molecular flexibility index (Phi) is 3.64. The molecule has 0 amide bonds. The molecule has 21 heavy (non-hydrogen) atoms. The molecular formula is C17H25N3S. The second kappa shape index (κ2) is 5.49. The summed E-state index contributed by atoms with van der Waals surface area (Å²) >= 11 is 2.02. The topological polar surface area (TPSA) is 18.5 Å². The summed E-state index contributed by atoms with van der Waals surface area (Å²) in [5.41, 5.74) is 1.42. The van der Waals surface area contributed by atoms with Crippen LogP contribution in [-0.2, 0) is 0 Å². The van der Waals surface area contributed by atoms with E-state index in [1.54, 1.807) is 0 Å². The number of nitrogens with one attached hydrogen (secondary N) is 1. The fourth-order valence-electron chi connectivity index (χ4n) is 4.15. The maximum absolute atomic E-state index is 3.75. The Balaban J connectivity index is 1.49. The van der Waals surface area contributed by atoms with Crippen molar-refractivity contribution in [2.24, 2.45) is 0 Å². The van der Waals surface area contributed by atoms with Crippen molar-refractivity contribution >= 4 is 11.8 Å². The molecule has 2 fully saturated rings. The summed E-state index contributed by atoms with van der Waals surface area (Å²) in [7, 11) is 0. The van der Waals surface area contributed by atoms with E-state index in [2.05, 4.69) is 53.5 Å². The molecule has 1 unspecified atom stereocenters. The number of thioether (sulfide) groups is 1. The van der Waals surface area contributed by atoms with Gasteiger partial charge in [0.05, 0.1) is 5.37 Å². The first-order valence-electron chi connectivity index (χ1n) is 8.35. The van der Waals surface area contributed by atoms with Crippen molar-refractivity contribution in [3.05, 3.63) is 35.0 Å². The molecule has 3 nitrogen and oxygen atoms in total. The van der Waals surface area contributed by atoms with Gasteiger partial charge < -0.3 is 10.2 Å². The lowest BCUT2D eigenvalue weighted by molar-refractivity contribution is 0.302. The van der Waals surface area contributed by atoms with Crippen LogP contribution in [0.5, 0.6) is 0 Å². The summed E-state index contributed by atoms with van der Waals surface area (Å²) < 4.78 is 0. The zero-order valence-electron chi connectivity index (χ0n) is 13.0. The molecule has 4 aliphatic heterocycles. The number of rotatable bonds is 4. The molecule has 1 N–H and O–H groups in total. The number of allylic oxidation sites excluding steroid dienone is 2. The van der Waals surface area contributed by atoms with Crippen molar-refractivity contribution in [2.75, 3.05) is 13.1 Å². The molecule has 0 aliphatic carbocycles. The first-order chi connectivity index (χ1) is 10.3. The summed E-state index contributed by atoms with van der Waals surface area (Å²) in [6, 6.07) is 2.14. The second-order valence-electron chi connectivity index (χ2n) is 6.46. The van der Waals surface area contributed by atoms with Crippen LogP contribution in [0.4, 0.5) is 0 Å². The summed E-state index contributed by atoms with van der Waals surface area (Å²) in [4.78, 5) is 6.45. The molecule has 0 spiro atoms. The summed E-state index contributed by atoms with van der Waals surface area (Å²) in [6.07, 6.45) is 13.5. The smallest absolute Gasteiger partial charge is 0.0800 e. The Labute approximate surface area is 132 Å². The zero-order chi connectivity index (χ0) is 14.4. The highest BCUT2D eigenvalue weighted by Crippen LogP contribution is 2.42. The molecule has 0 aromatic carbocycles. The van der Waals surface area contributed by atoms with Gasteiger partial charge in [0.1, 0.15) is 0 Å². The maximum atomic E-state index is 3.75. The highest BCUT2D eigenvalue weighted by Gasteiger charge is 2.41. The maximum Gasteiger partial charge on any atom is 0.0800 e. The predicted octanol–water partition coefficient (Wildman–Crippen LogP) is 2.89. The first kappa shape index (κ1) is 13.9. The molecule has 0 aromatic rings. The van der Waals surface area contributed by atoms with E-state index in [-0.39, 0.29) is 0 Å². The Morgan fingerprint density at radius 2 is 2.19 bits per heavy atom. The van der Waals surface area contributed by atoms with E-state index in [1.165, 1.54) is 29.7 Å². The zero-order valence-corrected chi connectivity index (χ0v) is 13.8. The Bertz CT molecular complexity index is 506. The molecule has 4 atom stereocenters. The van der Waals surface area contributed by atoms with E-state index >= 15 is 0 Å². The molecule has 4 heteroatoms. The van der Waals surface area contributed by atoms with Gasteiger partial charge in [0.2, 0.25) is 0 Å². The summed E-state index contributed by atoms with van der Waals surface area (Å²) in [6.45, 7) is 6.74. The molecule has 4 aliphatic rings. The van der Waals surface area contributed by atoms with Crippen LogP contribution in [0.25, 0.3) is 0 Å². The van der Waals surface area contributed by atoms with Crippen molar-refractivity contribution in [1.82, 2.24) is 15.1 Å². The molecule has 4 heterocycles. The molecule has 0 radical (unpaired) electrons. The lowest BCUT2D eigenvalue weighted by Gasteiger charge is -2.32. The highest BCUT2D eigenvalue weighted by molar-refractivity contribution is 8.04. The fourth-order valence-corrected chi connectivity index (χ4v) is 5.53. The van der Waals surface area contributed by atoms with Crippen molar-refractivity contribution in [1.29, 1.82) is 0 Å². The highest BCUT2D eigenvalue weighted by atomic mass is 32.2. The van der Waals surface area contributed by atoms with Gasteiger partial charge in [-0.05, 0) is 50.1 Å². The van der Waals surface area contributed by atoms with Gasteiger partial charge in [0.25, 0.3) is 0 Å². The minimum absolute atomic E-state index is 0.518. The second-order valence-corrected chi connectivity index (χ2v) is 7.62. The van der Waals surface area contributed by atoms with Gasteiger partial charge in [-0.3, -0.25) is 4.90 Å². The standard InChI is InChI=1S/C17H25N3S/c1-3-19(4-2)17-9-12-7-8-20(11-16(12)21-17)15-10-13-5-6-14(15)18-13/h7-9,11,13-15,17-18H,3-6,10H2,1-2H3/t13-,14+,15-,17?/m1/s1. The van der Waals surface area contributed by atoms with Crippen molar-refractivity contribution in [2.45, 2.75) is 56.6 Å². The van der Waals surface area contributed by atoms with E-state index < -0.39 is 0 Å². The van der Waals surface area contributed by atoms with E-state index in [0.717, 1.165) is 19.1 Å². The van der Waals surface area contributed by atoms with Crippen LogP contribution in [0.1, 0.15) is 33.1 Å². The molecule has 2 bridgehead atoms. The third kappa shape index (κ3) is 2.37. The van der Waals surface area contributed by atoms with Gasteiger partial charge in [0, 0.05) is 35.4 Å². The van der Waals surface area contributed by atoms with Gasteiger partial charge in [-0.2, -0.15) is 0 Å². The number of nitrogens with zero attached hydrogens (tertiary/aromatic N) is 2. The third-order valence-electron chi connectivity index (χ3n) is 5.37. The fraction of sp³-hybridized carbons (Fsp3) is 0.647. The summed E-state index contributed by atoms with van der Waals surface area (Å²) in [5.74, 6) is 0. The lowest BCUT2D eigenvalue weighted by atomic mass is 9.94. The average Bonchev–Trinajstić information content (AvgIpc) is 3.22. The van der Waals surface area contributed by atoms with Crippen molar-refractivity contribution in [3.8, 4) is 0 Å². The summed E-state index contributed by atoms with van der Waals surface area (Å²) in [5, 5.41) is 4.26. The Hall–Kier alpha value is -0.710. The number of hydrogen-bond donors (Lipinski definition) is 1. The monoisotopic (exact) mass is 303 g/mol. The van der Waals surface area contributed by atoms with E-state index in [0.29, 0.717) is 17.5 Å². The van der Waals surface area contributed by atoms with E-state index in [9.17, 15) is 0 Å². The Morgan fingerprint density at radius 1 is 1.33 bits per heavy atom. The van der Waals surface area contributed by atoms with Crippen LogP contribution in [0, 0.1) is 0 Å². The van der Waals surface area contributed by atoms with Crippen LogP contribution in [0.15, 0.2) is 35.0 Å². The third-order valence-corrected chi connectivity index (χ3v) is 6.64. The quantitative estimate of drug-likeness (QED) is 0.860. The van der Waals surface area contributed by atoms with Crippen LogP contribution in [0.2, 0.25) is 0 Å². The van der Waals surface area contributed by atoms with Crippen molar-refractivity contribution < 1.29 is 0 Å². The van der Waals surface area contributed by atoms with Gasteiger partial charge in [0.15, 0.2) is 0 Å². The number of fused-ring (bicyclic) bond motifs is 3. The van der Waals surface area contributed by atoms with Gasteiger partial charge in [-0.25, -0.2) is 0 Å². The number of likely N-dealkylation sites (N-methyl/N-ethyl adjacent to an activating group) is 1. The van der Waals surface area contributed by atoms with Gasteiger partial charge >= 0.3 is 0 Å². The number of hydrogen-bond acceptors (Lipinski definition) is 4. The van der Waals surface area contributed by atoms with E-state index in [1.807, 2.05) is 11.8 Å². The largest absolute Gasteiger partial charge is 0.348 e. The average molecular weight is 303 g/mol. The van der Waals surface area contributed by atoms with Gasteiger partial charge in [-0.15, -0.1) is 11.8 Å². The minimum atomic E-state index is 0.518. The SMILES string of the molecule is CCN(CC)C1C=C2C=CN([C@@H]3C[C@H]4CC[C@@H]3N4)C=C2S1. The van der Waals surface area contributed by atoms with Crippen LogP contribution < -0.4 is 5.32 Å². The molecule has 4 rings (SSSR count). The molecule has 114 valence electrons. The molecular weight excluding hydrogens is 278 g/mol. The Morgan fingerprint density at radius 3 is 2.86 bits per heavy atom. The van der Waals surface area contributed by atoms with Crippen molar-refractivity contribution in [3.63, 3.8) is 0 Å². The molecule has 2 saturated heterocycles. The molecule has 0 aromatic heterocycles. The minimum Gasteiger partial charge on any atom is -0.348 e. The van der Waals surface area contributed by atoms with E-state index in [4.69, 9.17) is 0 Å². The van der Waals surface area contributed by atoms with Crippen LogP contribution in [-0.4, -0.2) is 46.4 Å². The molecule has 0 saturated carbocycles. The lowest BCUT2D eigenvalue weighted by Crippen LogP contribution is -2.38. The van der Waals surface area contributed by atoms with Crippen LogP contribution in [0.3, 0.4) is 0 Å². The normalized spacial score (nSPS) is 37.2. The van der Waals surface area contributed by atoms with Gasteiger partial charge in [-0.1, -0.05) is 13.8 Å².